The molecule has 0 atom stereocenters. The van der Waals surface area contributed by atoms with Crippen molar-refractivity contribution < 1.29 is 12.8 Å². The molecule has 2 heterocycles. The molecule has 2 N–H and O–H groups in total. The van der Waals surface area contributed by atoms with Crippen LogP contribution in [0.2, 0.25) is 0 Å². The van der Waals surface area contributed by atoms with Gasteiger partial charge in [-0.05, 0) is 67.1 Å². The molecule has 9 heteroatoms. The second-order valence-electron chi connectivity index (χ2n) is 7.35. The third-order valence-electron chi connectivity index (χ3n) is 5.12. The molecule has 156 valence electrons. The number of aromatic amines is 1. The van der Waals surface area contributed by atoms with E-state index in [9.17, 15) is 13.2 Å². The Morgan fingerprint density at radius 2 is 1.81 bits per heavy atom. The number of hydrogen-bond acceptors (Lipinski definition) is 5. The fourth-order valence-electron chi connectivity index (χ4n) is 3.44. The molecular formula is C22H18N4O4S. The van der Waals surface area contributed by atoms with E-state index >= 15 is 0 Å². The van der Waals surface area contributed by atoms with E-state index in [0.717, 1.165) is 22.2 Å². The first-order valence-corrected chi connectivity index (χ1v) is 11.0. The van der Waals surface area contributed by atoms with Crippen molar-refractivity contribution in [1.29, 1.82) is 0 Å². The molecule has 0 saturated heterocycles. The van der Waals surface area contributed by atoms with Crippen LogP contribution in [0.25, 0.3) is 33.5 Å². The SMILES string of the molecule is Cc1ccc2nc(-c3ccc(NS(=O)(=O)c4ccc5oc(=O)n(C)c5c4)cc3)[nH]c2c1. The minimum absolute atomic E-state index is 0.0353. The molecule has 5 rings (SSSR count). The Hall–Kier alpha value is -3.85. The molecule has 2 aromatic heterocycles. The van der Waals surface area contributed by atoms with Gasteiger partial charge in [0.1, 0.15) is 5.82 Å². The maximum Gasteiger partial charge on any atom is 0.419 e. The van der Waals surface area contributed by atoms with Crippen molar-refractivity contribution in [3.63, 3.8) is 0 Å². The number of nitrogens with zero attached hydrogens (tertiary/aromatic N) is 2. The van der Waals surface area contributed by atoms with Crippen molar-refractivity contribution in [2.75, 3.05) is 4.72 Å². The zero-order valence-electron chi connectivity index (χ0n) is 16.7. The first kappa shape index (κ1) is 19.1. The standard InChI is InChI=1S/C22H18N4O4S/c1-13-3-9-17-18(11-13)24-21(23-17)14-4-6-15(7-5-14)25-31(28,29)16-8-10-20-19(12-16)26(2)22(27)30-20/h3-12,25H,1-2H3,(H,23,24). The van der Waals surface area contributed by atoms with Gasteiger partial charge in [-0.15, -0.1) is 0 Å². The predicted octanol–water partition coefficient (Wildman–Crippen LogP) is 3.78. The van der Waals surface area contributed by atoms with E-state index in [1.54, 1.807) is 24.3 Å². The molecule has 0 aliphatic heterocycles. The molecule has 0 bridgehead atoms. The van der Waals surface area contributed by atoms with E-state index in [0.29, 0.717) is 22.6 Å². The Kier molecular flexibility index (Phi) is 4.23. The van der Waals surface area contributed by atoms with Crippen LogP contribution in [0.4, 0.5) is 5.69 Å². The minimum Gasteiger partial charge on any atom is -0.408 e. The van der Waals surface area contributed by atoms with Gasteiger partial charge in [-0.3, -0.25) is 9.29 Å². The highest BCUT2D eigenvalue weighted by Gasteiger charge is 2.17. The lowest BCUT2D eigenvalue weighted by molar-refractivity contribution is 0.528. The third-order valence-corrected chi connectivity index (χ3v) is 6.50. The summed E-state index contributed by atoms with van der Waals surface area (Å²) in [7, 11) is -2.32. The molecule has 0 fully saturated rings. The van der Waals surface area contributed by atoms with Crippen LogP contribution < -0.4 is 10.5 Å². The van der Waals surface area contributed by atoms with E-state index in [2.05, 4.69) is 14.7 Å². The van der Waals surface area contributed by atoms with Crippen molar-refractivity contribution in [2.45, 2.75) is 11.8 Å². The lowest BCUT2D eigenvalue weighted by Gasteiger charge is -2.09. The number of aryl methyl sites for hydroxylation is 2. The summed E-state index contributed by atoms with van der Waals surface area (Å²) in [6, 6.07) is 17.2. The molecule has 3 aromatic carbocycles. The van der Waals surface area contributed by atoms with Gasteiger partial charge in [-0.1, -0.05) is 6.07 Å². The quantitative estimate of drug-likeness (QED) is 0.447. The number of fused-ring (bicyclic) bond motifs is 2. The smallest absolute Gasteiger partial charge is 0.408 e. The maximum atomic E-state index is 12.8. The number of oxazole rings is 1. The van der Waals surface area contributed by atoms with Crippen LogP contribution in [0.15, 0.2) is 74.8 Å². The fraction of sp³-hybridized carbons (Fsp3) is 0.0909. The molecule has 5 aromatic rings. The zero-order valence-corrected chi connectivity index (χ0v) is 17.5. The second kappa shape index (κ2) is 6.85. The van der Waals surface area contributed by atoms with Crippen molar-refractivity contribution >= 4 is 37.8 Å². The van der Waals surface area contributed by atoms with Crippen LogP contribution in [0.1, 0.15) is 5.56 Å². The lowest BCUT2D eigenvalue weighted by Crippen LogP contribution is -2.13. The van der Waals surface area contributed by atoms with Crippen LogP contribution in [0.3, 0.4) is 0 Å². The number of benzene rings is 3. The van der Waals surface area contributed by atoms with Gasteiger partial charge in [0.2, 0.25) is 0 Å². The number of aromatic nitrogens is 3. The summed E-state index contributed by atoms with van der Waals surface area (Å²) < 4.78 is 34.5. The van der Waals surface area contributed by atoms with E-state index in [4.69, 9.17) is 4.42 Å². The van der Waals surface area contributed by atoms with Crippen LogP contribution in [0, 0.1) is 6.92 Å². The lowest BCUT2D eigenvalue weighted by atomic mass is 10.2. The largest absolute Gasteiger partial charge is 0.419 e. The van der Waals surface area contributed by atoms with E-state index in [1.165, 1.54) is 29.8 Å². The molecule has 0 amide bonds. The van der Waals surface area contributed by atoms with E-state index in [1.807, 2.05) is 25.1 Å². The Labute approximate surface area is 177 Å². The first-order valence-electron chi connectivity index (χ1n) is 9.49. The number of hydrogen-bond donors (Lipinski definition) is 2. The van der Waals surface area contributed by atoms with Gasteiger partial charge in [-0.2, -0.15) is 0 Å². The number of imidazole rings is 1. The molecule has 0 spiro atoms. The van der Waals surface area contributed by atoms with Gasteiger partial charge < -0.3 is 9.40 Å². The number of nitrogens with one attached hydrogen (secondary N) is 2. The first-order chi connectivity index (χ1) is 14.8. The number of sulfonamides is 1. The highest BCUT2D eigenvalue weighted by atomic mass is 32.2. The molecule has 0 aliphatic carbocycles. The summed E-state index contributed by atoms with van der Waals surface area (Å²) in [5, 5.41) is 0. The normalized spacial score (nSPS) is 11.9. The van der Waals surface area contributed by atoms with Gasteiger partial charge in [0.15, 0.2) is 5.58 Å². The minimum atomic E-state index is -3.85. The fourth-order valence-corrected chi connectivity index (χ4v) is 4.52. The Morgan fingerprint density at radius 3 is 2.58 bits per heavy atom. The highest BCUT2D eigenvalue weighted by molar-refractivity contribution is 7.92. The van der Waals surface area contributed by atoms with Crippen LogP contribution in [-0.2, 0) is 17.1 Å². The summed E-state index contributed by atoms with van der Waals surface area (Å²) in [5.74, 6) is 0.162. The zero-order chi connectivity index (χ0) is 21.8. The van der Waals surface area contributed by atoms with Crippen molar-refractivity contribution in [3.05, 3.63) is 76.8 Å². The monoisotopic (exact) mass is 434 g/mol. The summed E-state index contributed by atoms with van der Waals surface area (Å²) in [6.07, 6.45) is 0. The van der Waals surface area contributed by atoms with Gasteiger partial charge >= 0.3 is 5.76 Å². The van der Waals surface area contributed by atoms with Crippen LogP contribution >= 0.6 is 0 Å². The molecule has 0 saturated carbocycles. The van der Waals surface area contributed by atoms with Gasteiger partial charge in [0.25, 0.3) is 10.0 Å². The van der Waals surface area contributed by atoms with Gasteiger partial charge in [0.05, 0.1) is 21.4 Å². The summed E-state index contributed by atoms with van der Waals surface area (Å²) >= 11 is 0. The molecule has 31 heavy (non-hydrogen) atoms. The van der Waals surface area contributed by atoms with Gasteiger partial charge in [0, 0.05) is 18.3 Å². The van der Waals surface area contributed by atoms with E-state index in [-0.39, 0.29) is 4.90 Å². The topological polar surface area (TPSA) is 110 Å². The van der Waals surface area contributed by atoms with Crippen LogP contribution in [-0.4, -0.2) is 23.0 Å². The molecule has 0 unspecified atom stereocenters. The molecule has 8 nitrogen and oxygen atoms in total. The summed E-state index contributed by atoms with van der Waals surface area (Å²) in [6.45, 7) is 2.02. The summed E-state index contributed by atoms with van der Waals surface area (Å²) in [4.78, 5) is 19.5. The third kappa shape index (κ3) is 3.38. The number of anilines is 1. The Bertz CT molecular complexity index is 1610. The highest BCUT2D eigenvalue weighted by Crippen LogP contribution is 2.25. The number of H-pyrrole nitrogens is 1. The molecule has 0 aliphatic rings. The maximum absolute atomic E-state index is 12.8. The van der Waals surface area contributed by atoms with Crippen molar-refractivity contribution in [1.82, 2.24) is 14.5 Å². The van der Waals surface area contributed by atoms with Gasteiger partial charge in [-0.25, -0.2) is 18.2 Å². The molecular weight excluding hydrogens is 416 g/mol. The number of rotatable bonds is 4. The predicted molar refractivity (Wildman–Crippen MR) is 119 cm³/mol. The average molecular weight is 434 g/mol. The van der Waals surface area contributed by atoms with E-state index < -0.39 is 15.8 Å². The summed E-state index contributed by atoms with van der Waals surface area (Å²) in [5.41, 5.74) is 4.95. The Morgan fingerprint density at radius 1 is 1.03 bits per heavy atom. The van der Waals surface area contributed by atoms with Crippen LogP contribution in [0.5, 0.6) is 0 Å². The molecule has 0 radical (unpaired) electrons. The second-order valence-corrected chi connectivity index (χ2v) is 9.03. The average Bonchev–Trinajstić information content (AvgIpc) is 3.28. The Balaban J connectivity index is 1.43. The van der Waals surface area contributed by atoms with Crippen molar-refractivity contribution in [3.8, 4) is 11.4 Å². The van der Waals surface area contributed by atoms with Crippen molar-refractivity contribution in [2.24, 2.45) is 7.05 Å².